The van der Waals surface area contributed by atoms with Crippen LogP contribution in [0.5, 0.6) is 0 Å². The molecular weight excluding hydrogens is 272 g/mol. The van der Waals surface area contributed by atoms with Crippen molar-refractivity contribution < 1.29 is 0 Å². The number of aromatic nitrogens is 2. The largest absolute Gasteiger partial charge is 0.364 e. The zero-order valence-corrected chi connectivity index (χ0v) is 13.1. The average Bonchev–Trinajstić information content (AvgIpc) is 2.87. The van der Waals surface area contributed by atoms with Crippen LogP contribution in [-0.2, 0) is 12.8 Å². The second-order valence-electron chi connectivity index (χ2n) is 6.55. The molecule has 112 valence electrons. The molecule has 4 heteroatoms. The number of rotatable bonds is 1. The van der Waals surface area contributed by atoms with Crippen molar-refractivity contribution in [2.45, 2.75) is 31.7 Å². The second kappa shape index (κ2) is 4.90. The van der Waals surface area contributed by atoms with Crippen molar-refractivity contribution in [1.82, 2.24) is 14.9 Å². The highest BCUT2D eigenvalue weighted by molar-refractivity contribution is 5.67. The van der Waals surface area contributed by atoms with E-state index in [4.69, 9.17) is 4.99 Å². The summed E-state index contributed by atoms with van der Waals surface area (Å²) in [6, 6.07) is 6.56. The smallest absolute Gasteiger partial charge is 0.0891 e. The van der Waals surface area contributed by atoms with Crippen LogP contribution in [0.15, 0.2) is 35.6 Å². The van der Waals surface area contributed by atoms with Gasteiger partial charge in [-0.3, -0.25) is 9.98 Å². The van der Waals surface area contributed by atoms with Gasteiger partial charge in [0, 0.05) is 31.8 Å². The second-order valence-corrected chi connectivity index (χ2v) is 6.55. The maximum Gasteiger partial charge on any atom is 0.0891 e. The number of hydrogen-bond acceptors (Lipinski definition) is 4. The Morgan fingerprint density at radius 1 is 1.23 bits per heavy atom. The summed E-state index contributed by atoms with van der Waals surface area (Å²) in [6.45, 7) is 3.00. The number of nitrogens with zero attached hydrogens (tertiary/aromatic N) is 4. The third-order valence-corrected chi connectivity index (χ3v) is 4.74. The van der Waals surface area contributed by atoms with Crippen LogP contribution in [0.1, 0.15) is 23.2 Å². The normalized spacial score (nSPS) is 23.1. The van der Waals surface area contributed by atoms with Crippen molar-refractivity contribution in [3.8, 4) is 11.3 Å². The molecule has 1 aliphatic heterocycles. The van der Waals surface area contributed by atoms with E-state index in [2.05, 4.69) is 40.1 Å². The van der Waals surface area contributed by atoms with Crippen molar-refractivity contribution >= 4 is 6.34 Å². The number of benzene rings is 1. The predicted octanol–water partition coefficient (Wildman–Crippen LogP) is 2.65. The summed E-state index contributed by atoms with van der Waals surface area (Å²) in [5.41, 5.74) is 6.05. The van der Waals surface area contributed by atoms with Gasteiger partial charge in [-0.15, -0.1) is 0 Å². The minimum Gasteiger partial charge on any atom is -0.364 e. The van der Waals surface area contributed by atoms with Crippen LogP contribution in [0.4, 0.5) is 0 Å². The molecule has 1 spiro atoms. The lowest BCUT2D eigenvalue weighted by Gasteiger charge is -2.33. The van der Waals surface area contributed by atoms with Crippen LogP contribution in [-0.4, -0.2) is 40.3 Å². The molecule has 1 aliphatic carbocycles. The quantitative estimate of drug-likeness (QED) is 0.811. The van der Waals surface area contributed by atoms with Gasteiger partial charge in [0.2, 0.25) is 0 Å². The Morgan fingerprint density at radius 3 is 2.91 bits per heavy atom. The van der Waals surface area contributed by atoms with Gasteiger partial charge in [0.1, 0.15) is 0 Å². The van der Waals surface area contributed by atoms with Gasteiger partial charge < -0.3 is 4.90 Å². The lowest BCUT2D eigenvalue weighted by molar-refractivity contribution is 0.337. The van der Waals surface area contributed by atoms with E-state index < -0.39 is 0 Å². The lowest BCUT2D eigenvalue weighted by atomic mass is 9.76. The number of aryl methyl sites for hydroxylation is 2. The molecule has 1 aromatic carbocycles. The van der Waals surface area contributed by atoms with Gasteiger partial charge in [0.05, 0.1) is 29.5 Å². The fourth-order valence-corrected chi connectivity index (χ4v) is 3.71. The van der Waals surface area contributed by atoms with Crippen LogP contribution in [0.25, 0.3) is 11.3 Å². The van der Waals surface area contributed by atoms with E-state index in [1.807, 2.05) is 19.5 Å². The molecule has 2 aromatic rings. The molecule has 0 saturated heterocycles. The first kappa shape index (κ1) is 13.4. The summed E-state index contributed by atoms with van der Waals surface area (Å²) in [5.74, 6) is 0. The number of aliphatic imine (C=N–C) groups is 1. The lowest BCUT2D eigenvalue weighted by Crippen LogP contribution is -2.39. The van der Waals surface area contributed by atoms with Crippen LogP contribution < -0.4 is 0 Å². The van der Waals surface area contributed by atoms with Crippen molar-refractivity contribution in [3.05, 3.63) is 47.4 Å². The Balaban J connectivity index is 1.79. The Bertz CT molecular complexity index is 753. The standard InChI is InChI=1S/C18H20N4/c1-13-9-19-10-17(21-13)15-5-3-4-14-6-7-18(8-16(14)15)11-22(2)12-20-18/h3-5,9-10,12H,6-8,11H2,1-2H3. The van der Waals surface area contributed by atoms with Crippen LogP contribution in [0, 0.1) is 6.92 Å². The summed E-state index contributed by atoms with van der Waals surface area (Å²) in [7, 11) is 2.10. The Hall–Kier alpha value is -2.23. The number of likely N-dealkylation sites (N-methyl/N-ethyl adjacent to an activating group) is 1. The Kier molecular flexibility index (Phi) is 2.99. The first-order valence-electron chi connectivity index (χ1n) is 7.81. The third-order valence-electron chi connectivity index (χ3n) is 4.74. The predicted molar refractivity (Wildman–Crippen MR) is 88.1 cm³/mol. The summed E-state index contributed by atoms with van der Waals surface area (Å²) < 4.78 is 0. The van der Waals surface area contributed by atoms with Crippen molar-refractivity contribution in [3.63, 3.8) is 0 Å². The van der Waals surface area contributed by atoms with Gasteiger partial charge in [-0.25, -0.2) is 4.98 Å². The van der Waals surface area contributed by atoms with E-state index in [-0.39, 0.29) is 5.54 Å². The van der Waals surface area contributed by atoms with Gasteiger partial charge in [-0.05, 0) is 30.9 Å². The highest BCUT2D eigenvalue weighted by Crippen LogP contribution is 2.38. The molecule has 2 heterocycles. The SMILES string of the molecule is Cc1cncc(-c2cccc3c2CC2(CC3)CN(C)C=N2)n1. The van der Waals surface area contributed by atoms with E-state index in [1.165, 1.54) is 16.7 Å². The molecule has 1 atom stereocenters. The molecule has 0 bridgehead atoms. The van der Waals surface area contributed by atoms with E-state index in [0.29, 0.717) is 0 Å². The van der Waals surface area contributed by atoms with Crippen LogP contribution in [0.3, 0.4) is 0 Å². The van der Waals surface area contributed by atoms with Crippen molar-refractivity contribution in [2.75, 3.05) is 13.6 Å². The summed E-state index contributed by atoms with van der Waals surface area (Å²) in [6.07, 6.45) is 8.87. The van der Waals surface area contributed by atoms with Crippen molar-refractivity contribution in [2.24, 2.45) is 4.99 Å². The first-order valence-corrected chi connectivity index (χ1v) is 7.81. The average molecular weight is 292 g/mol. The molecule has 1 aromatic heterocycles. The zero-order valence-electron chi connectivity index (χ0n) is 13.1. The molecule has 4 rings (SSSR count). The van der Waals surface area contributed by atoms with E-state index in [1.54, 1.807) is 6.20 Å². The molecule has 0 amide bonds. The summed E-state index contributed by atoms with van der Waals surface area (Å²) in [4.78, 5) is 16.0. The Labute approximate surface area is 130 Å². The van der Waals surface area contributed by atoms with Gasteiger partial charge >= 0.3 is 0 Å². The van der Waals surface area contributed by atoms with Gasteiger partial charge in [-0.1, -0.05) is 18.2 Å². The summed E-state index contributed by atoms with van der Waals surface area (Å²) in [5, 5.41) is 0. The molecule has 0 N–H and O–H groups in total. The molecule has 4 nitrogen and oxygen atoms in total. The molecule has 22 heavy (non-hydrogen) atoms. The fraction of sp³-hybridized carbons (Fsp3) is 0.389. The van der Waals surface area contributed by atoms with E-state index in [9.17, 15) is 0 Å². The monoisotopic (exact) mass is 292 g/mol. The maximum absolute atomic E-state index is 4.82. The molecule has 0 fully saturated rings. The molecule has 2 aliphatic rings. The fourth-order valence-electron chi connectivity index (χ4n) is 3.71. The van der Waals surface area contributed by atoms with Gasteiger partial charge in [-0.2, -0.15) is 0 Å². The highest BCUT2D eigenvalue weighted by atomic mass is 15.2. The number of hydrogen-bond donors (Lipinski definition) is 0. The molecule has 0 radical (unpaired) electrons. The van der Waals surface area contributed by atoms with Crippen LogP contribution >= 0.6 is 0 Å². The third kappa shape index (κ3) is 2.19. The zero-order chi connectivity index (χ0) is 15.2. The minimum absolute atomic E-state index is 0.0507. The van der Waals surface area contributed by atoms with Gasteiger partial charge in [0.25, 0.3) is 0 Å². The number of fused-ring (bicyclic) bond motifs is 1. The topological polar surface area (TPSA) is 41.4 Å². The van der Waals surface area contributed by atoms with Crippen LogP contribution in [0.2, 0.25) is 0 Å². The maximum atomic E-state index is 4.82. The van der Waals surface area contributed by atoms with Gasteiger partial charge in [0.15, 0.2) is 0 Å². The van der Waals surface area contributed by atoms with E-state index in [0.717, 1.165) is 37.2 Å². The minimum atomic E-state index is 0.0507. The first-order chi connectivity index (χ1) is 10.7. The van der Waals surface area contributed by atoms with Crippen molar-refractivity contribution in [1.29, 1.82) is 0 Å². The molecule has 1 unspecified atom stereocenters. The Morgan fingerprint density at radius 2 is 2.14 bits per heavy atom. The molecular formula is C18H20N4. The highest BCUT2D eigenvalue weighted by Gasteiger charge is 2.38. The summed E-state index contributed by atoms with van der Waals surface area (Å²) >= 11 is 0. The molecule has 0 saturated carbocycles. The van der Waals surface area contributed by atoms with E-state index >= 15 is 0 Å².